The van der Waals surface area contributed by atoms with Gasteiger partial charge < -0.3 is 15.9 Å². The third-order valence-corrected chi connectivity index (χ3v) is 6.03. The first-order valence-electron chi connectivity index (χ1n) is 9.97. The molecule has 32 heavy (non-hydrogen) atoms. The molecule has 1 aliphatic rings. The quantitative estimate of drug-likeness (QED) is 0.538. The molecule has 0 saturated carbocycles. The molecule has 0 saturated heterocycles. The summed E-state index contributed by atoms with van der Waals surface area (Å²) < 4.78 is 40.3. The molecular weight excluding hydrogens is 421 g/mol. The van der Waals surface area contributed by atoms with Crippen molar-refractivity contribution in [2.24, 2.45) is 5.73 Å². The van der Waals surface area contributed by atoms with Gasteiger partial charge in [0.1, 0.15) is 11.3 Å². The molecule has 0 unspecified atom stereocenters. The number of halogens is 3. The number of para-hydroxylation sites is 1. The second-order valence-electron chi connectivity index (χ2n) is 8.91. The van der Waals surface area contributed by atoms with Crippen LogP contribution in [0.15, 0.2) is 42.5 Å². The van der Waals surface area contributed by atoms with Crippen molar-refractivity contribution in [2.75, 3.05) is 0 Å². The van der Waals surface area contributed by atoms with Crippen LogP contribution in [0.2, 0.25) is 0 Å². The Hall–Kier alpha value is -3.17. The van der Waals surface area contributed by atoms with Crippen LogP contribution in [0.5, 0.6) is 0 Å². The summed E-state index contributed by atoms with van der Waals surface area (Å²) in [5.41, 5.74) is 5.13. The Bertz CT molecular complexity index is 1270. The number of aromatic amines is 1. The molecule has 4 N–H and O–H groups in total. The SMILES string of the molecule is CC1(C)C(c2cccc(C(F)(F)F)c2)=C(c2nc3c(C(N)=O)cccc3[nH]2)C(C)(C)N1O. The first-order chi connectivity index (χ1) is 14.8. The lowest BCUT2D eigenvalue weighted by Crippen LogP contribution is -2.48. The number of hydrogen-bond donors (Lipinski definition) is 3. The second-order valence-corrected chi connectivity index (χ2v) is 8.91. The summed E-state index contributed by atoms with van der Waals surface area (Å²) in [6.45, 7) is 6.98. The number of nitrogens with two attached hydrogens (primary N) is 1. The maximum atomic E-state index is 13.4. The first-order valence-corrected chi connectivity index (χ1v) is 9.97. The molecule has 0 aliphatic carbocycles. The Morgan fingerprint density at radius 3 is 2.31 bits per heavy atom. The Morgan fingerprint density at radius 2 is 1.69 bits per heavy atom. The number of fused-ring (bicyclic) bond motifs is 1. The fourth-order valence-corrected chi connectivity index (χ4v) is 4.63. The number of benzene rings is 2. The van der Waals surface area contributed by atoms with Gasteiger partial charge in [0, 0.05) is 5.57 Å². The Kier molecular flexibility index (Phi) is 4.76. The fraction of sp³-hybridized carbons (Fsp3) is 0.304. The van der Waals surface area contributed by atoms with Crippen LogP contribution in [-0.2, 0) is 6.18 Å². The molecule has 9 heteroatoms. The predicted octanol–water partition coefficient (Wildman–Crippen LogP) is 4.85. The van der Waals surface area contributed by atoms with Gasteiger partial charge in [0.25, 0.3) is 5.91 Å². The van der Waals surface area contributed by atoms with Gasteiger partial charge in [-0.25, -0.2) is 4.98 Å². The molecule has 3 aromatic rings. The molecule has 0 fully saturated rings. The van der Waals surface area contributed by atoms with E-state index in [0.29, 0.717) is 33.6 Å². The van der Waals surface area contributed by atoms with E-state index in [1.807, 2.05) is 0 Å². The van der Waals surface area contributed by atoms with Gasteiger partial charge in [-0.15, -0.1) is 0 Å². The molecule has 0 atom stereocenters. The van der Waals surface area contributed by atoms with Crippen molar-refractivity contribution in [1.82, 2.24) is 15.0 Å². The highest BCUT2D eigenvalue weighted by molar-refractivity contribution is 6.06. The largest absolute Gasteiger partial charge is 0.416 e. The van der Waals surface area contributed by atoms with Crippen LogP contribution in [-0.4, -0.2) is 37.2 Å². The molecular formula is C23H23F3N4O2. The van der Waals surface area contributed by atoms with Crippen molar-refractivity contribution in [3.05, 3.63) is 65.0 Å². The maximum absolute atomic E-state index is 13.4. The number of hydrogen-bond acceptors (Lipinski definition) is 4. The summed E-state index contributed by atoms with van der Waals surface area (Å²) >= 11 is 0. The van der Waals surface area contributed by atoms with E-state index in [1.54, 1.807) is 52.0 Å². The zero-order chi connectivity index (χ0) is 23.6. The maximum Gasteiger partial charge on any atom is 0.416 e. The smallest absolute Gasteiger partial charge is 0.366 e. The van der Waals surface area contributed by atoms with E-state index < -0.39 is 28.7 Å². The number of amides is 1. The van der Waals surface area contributed by atoms with Crippen molar-refractivity contribution in [3.8, 4) is 0 Å². The molecule has 168 valence electrons. The average molecular weight is 444 g/mol. The molecule has 1 aliphatic heterocycles. The topological polar surface area (TPSA) is 95.2 Å². The van der Waals surface area contributed by atoms with Gasteiger partial charge in [0.2, 0.25) is 0 Å². The van der Waals surface area contributed by atoms with Crippen molar-refractivity contribution in [2.45, 2.75) is 44.9 Å². The highest BCUT2D eigenvalue weighted by Gasteiger charge is 2.52. The third kappa shape index (κ3) is 3.20. The van der Waals surface area contributed by atoms with Crippen molar-refractivity contribution >= 4 is 28.1 Å². The van der Waals surface area contributed by atoms with E-state index >= 15 is 0 Å². The predicted molar refractivity (Wildman–Crippen MR) is 115 cm³/mol. The lowest BCUT2D eigenvalue weighted by atomic mass is 9.85. The highest BCUT2D eigenvalue weighted by Crippen LogP contribution is 2.52. The molecule has 1 aromatic heterocycles. The number of carbonyl (C=O) groups excluding carboxylic acids is 1. The van der Waals surface area contributed by atoms with E-state index in [0.717, 1.165) is 17.2 Å². The number of rotatable bonds is 3. The van der Waals surface area contributed by atoms with Gasteiger partial charge >= 0.3 is 6.18 Å². The molecule has 0 spiro atoms. The number of aromatic nitrogens is 2. The molecule has 2 aromatic carbocycles. The van der Waals surface area contributed by atoms with Crippen LogP contribution in [0.4, 0.5) is 13.2 Å². The standard InChI is InChI=1S/C23H23F3N4O2/c1-21(2)16(12-7-5-8-13(11-12)23(24,25)26)17(22(3,4)30(21)32)20-28-15-10-6-9-14(19(27)31)18(15)29-20/h5-11,32H,1-4H3,(H2,27,31)(H,28,29). The molecule has 0 bridgehead atoms. The van der Waals surface area contributed by atoms with Crippen molar-refractivity contribution in [3.63, 3.8) is 0 Å². The molecule has 1 amide bonds. The lowest BCUT2D eigenvalue weighted by molar-refractivity contribution is -0.178. The number of H-pyrrole nitrogens is 1. The number of imidazole rings is 1. The van der Waals surface area contributed by atoms with E-state index in [4.69, 9.17) is 5.73 Å². The molecule has 0 radical (unpaired) electrons. The number of nitrogens with zero attached hydrogens (tertiary/aromatic N) is 2. The monoisotopic (exact) mass is 444 g/mol. The zero-order valence-corrected chi connectivity index (χ0v) is 18.0. The Labute approximate surface area is 182 Å². The number of primary amides is 1. The van der Waals surface area contributed by atoms with Crippen LogP contribution in [0.3, 0.4) is 0 Å². The van der Waals surface area contributed by atoms with Crippen LogP contribution < -0.4 is 5.73 Å². The number of hydroxylamine groups is 2. The van der Waals surface area contributed by atoms with Crippen molar-refractivity contribution < 1.29 is 23.2 Å². The molecule has 6 nitrogen and oxygen atoms in total. The summed E-state index contributed by atoms with van der Waals surface area (Å²) in [4.78, 5) is 19.6. The van der Waals surface area contributed by atoms with Gasteiger partial charge in [-0.2, -0.15) is 18.2 Å². The Balaban J connectivity index is 2.05. The molecule has 4 rings (SSSR count). The van der Waals surface area contributed by atoms with Crippen LogP contribution in [0.25, 0.3) is 22.2 Å². The van der Waals surface area contributed by atoms with Crippen LogP contribution in [0.1, 0.15) is 55.0 Å². The van der Waals surface area contributed by atoms with E-state index in [9.17, 15) is 23.2 Å². The van der Waals surface area contributed by atoms with E-state index in [2.05, 4.69) is 9.97 Å². The highest BCUT2D eigenvalue weighted by atomic mass is 19.4. The summed E-state index contributed by atoms with van der Waals surface area (Å²) in [5.74, 6) is -0.300. The normalized spacial score (nSPS) is 18.5. The van der Waals surface area contributed by atoms with Gasteiger partial charge in [0.05, 0.1) is 27.7 Å². The van der Waals surface area contributed by atoms with Gasteiger partial charge in [0.15, 0.2) is 0 Å². The van der Waals surface area contributed by atoms with E-state index in [1.165, 1.54) is 6.07 Å². The Morgan fingerprint density at radius 1 is 1.06 bits per heavy atom. The lowest BCUT2D eigenvalue weighted by Gasteiger charge is -2.36. The summed E-state index contributed by atoms with van der Waals surface area (Å²) in [5, 5.41) is 12.2. The first kappa shape index (κ1) is 22.0. The molecule has 2 heterocycles. The van der Waals surface area contributed by atoms with Gasteiger partial charge in [-0.3, -0.25) is 4.79 Å². The van der Waals surface area contributed by atoms with Crippen molar-refractivity contribution in [1.29, 1.82) is 0 Å². The zero-order valence-electron chi connectivity index (χ0n) is 18.0. The minimum atomic E-state index is -4.51. The third-order valence-electron chi connectivity index (χ3n) is 6.03. The number of carbonyl (C=O) groups is 1. The van der Waals surface area contributed by atoms with Crippen LogP contribution in [0, 0.1) is 0 Å². The number of nitrogens with one attached hydrogen (secondary N) is 1. The fourth-order valence-electron chi connectivity index (χ4n) is 4.63. The van der Waals surface area contributed by atoms with Gasteiger partial charge in [-0.1, -0.05) is 18.2 Å². The van der Waals surface area contributed by atoms with Crippen LogP contribution >= 0.6 is 0 Å². The second kappa shape index (κ2) is 6.91. The average Bonchev–Trinajstić information content (AvgIpc) is 3.18. The van der Waals surface area contributed by atoms with E-state index in [-0.39, 0.29) is 5.56 Å². The minimum Gasteiger partial charge on any atom is -0.366 e. The van der Waals surface area contributed by atoms with Gasteiger partial charge in [-0.05, 0) is 63.1 Å². The minimum absolute atomic E-state index is 0.224. The summed E-state index contributed by atoms with van der Waals surface area (Å²) in [6.07, 6.45) is -4.51. The summed E-state index contributed by atoms with van der Waals surface area (Å²) in [6, 6.07) is 9.95. The number of alkyl halides is 3. The summed E-state index contributed by atoms with van der Waals surface area (Å²) in [7, 11) is 0.